The molecule has 37 heavy (non-hydrogen) atoms. The number of carbonyl (C=O) groups is 2. The molecule has 3 aromatic rings. The largest absolute Gasteiger partial charge is 0.489 e. The quantitative estimate of drug-likeness (QED) is 0.531. The molecule has 1 fully saturated rings. The summed E-state index contributed by atoms with van der Waals surface area (Å²) < 4.78 is 11.6. The van der Waals surface area contributed by atoms with Gasteiger partial charge >= 0.3 is 0 Å². The number of benzene rings is 2. The molecule has 5 rings (SSSR count). The number of nitrogens with one attached hydrogen (secondary N) is 1. The topological polar surface area (TPSA) is 104 Å². The number of hydrogen-bond donors (Lipinski definition) is 2. The van der Waals surface area contributed by atoms with Gasteiger partial charge in [-0.2, -0.15) is 0 Å². The Balaban J connectivity index is 1.28. The van der Waals surface area contributed by atoms with Gasteiger partial charge in [-0.3, -0.25) is 19.5 Å². The molecule has 1 saturated heterocycles. The van der Waals surface area contributed by atoms with Crippen LogP contribution in [0.2, 0.25) is 0 Å². The summed E-state index contributed by atoms with van der Waals surface area (Å²) in [6, 6.07) is 16.7. The third-order valence-electron chi connectivity index (χ3n) is 6.11. The van der Waals surface area contributed by atoms with E-state index in [0.29, 0.717) is 41.6 Å². The summed E-state index contributed by atoms with van der Waals surface area (Å²) in [5.41, 5.74) is 0.268. The second-order valence-electron chi connectivity index (χ2n) is 9.16. The molecule has 9 nitrogen and oxygen atoms in total. The number of pyridine rings is 1. The van der Waals surface area contributed by atoms with Crippen molar-refractivity contribution in [3.63, 3.8) is 0 Å². The molecule has 0 bridgehead atoms. The van der Waals surface area contributed by atoms with Crippen LogP contribution in [0.4, 0.5) is 5.69 Å². The Morgan fingerprint density at radius 3 is 2.68 bits per heavy atom. The van der Waals surface area contributed by atoms with Gasteiger partial charge in [0, 0.05) is 38.0 Å². The van der Waals surface area contributed by atoms with Crippen LogP contribution < -0.4 is 19.7 Å². The molecule has 0 spiro atoms. The van der Waals surface area contributed by atoms with Crippen LogP contribution in [0.5, 0.6) is 17.2 Å². The molecule has 2 aliphatic heterocycles. The Kier molecular flexibility index (Phi) is 6.53. The number of carbonyl (C=O) groups excluding carboxylic acids is 2. The number of likely N-dealkylation sites (tertiary alicyclic amines) is 1. The third kappa shape index (κ3) is 5.40. The second-order valence-corrected chi connectivity index (χ2v) is 9.16. The van der Waals surface area contributed by atoms with E-state index in [9.17, 15) is 14.7 Å². The van der Waals surface area contributed by atoms with Gasteiger partial charge in [0.1, 0.15) is 35.6 Å². The highest BCUT2D eigenvalue weighted by atomic mass is 16.5. The lowest BCUT2D eigenvalue weighted by Gasteiger charge is -2.40. The smallest absolute Gasteiger partial charge is 0.270 e. The van der Waals surface area contributed by atoms with Crippen LogP contribution in [0.3, 0.4) is 0 Å². The van der Waals surface area contributed by atoms with E-state index in [1.807, 2.05) is 30.1 Å². The Hall–Kier alpha value is -4.39. The predicted molar refractivity (Wildman–Crippen MR) is 137 cm³/mol. The molecule has 2 aliphatic rings. The van der Waals surface area contributed by atoms with Gasteiger partial charge in [0.05, 0.1) is 5.69 Å². The highest BCUT2D eigenvalue weighted by molar-refractivity contribution is 6.03. The number of ether oxygens (including phenoxy) is 2. The van der Waals surface area contributed by atoms with E-state index >= 15 is 0 Å². The van der Waals surface area contributed by atoms with Crippen LogP contribution in [0.25, 0.3) is 0 Å². The number of anilines is 1. The molecule has 3 heterocycles. The van der Waals surface area contributed by atoms with Crippen LogP contribution in [-0.4, -0.2) is 72.2 Å². The number of likely N-dealkylation sites (N-methyl/N-ethyl adjacent to an activating group) is 2. The molecule has 188 valence electrons. The average molecular weight is 499 g/mol. The van der Waals surface area contributed by atoms with Crippen molar-refractivity contribution in [3.8, 4) is 29.1 Å². The minimum Gasteiger partial charge on any atom is -0.489 e. The van der Waals surface area contributed by atoms with Crippen molar-refractivity contribution in [2.45, 2.75) is 11.6 Å². The van der Waals surface area contributed by atoms with Crippen LogP contribution >= 0.6 is 0 Å². The highest BCUT2D eigenvalue weighted by Gasteiger charge is 2.37. The molecular formula is C28H26N4O5. The number of hydrogen-bond acceptors (Lipinski definition) is 7. The van der Waals surface area contributed by atoms with Crippen molar-refractivity contribution in [2.24, 2.45) is 0 Å². The number of rotatable bonds is 4. The SMILES string of the molecule is CN1CC(O)(C#Cc2ccc3c(c2)N(C)C(=O)C(NC(=O)c2cc(Oc4ccccc4)ccn2)CO3)C1. The fraction of sp³-hybridized carbons (Fsp3) is 0.250. The second kappa shape index (κ2) is 9.93. The lowest BCUT2D eigenvalue weighted by atomic mass is 9.95. The molecule has 2 amide bonds. The number of fused-ring (bicyclic) bond motifs is 1. The first-order valence-electron chi connectivity index (χ1n) is 11.8. The minimum absolute atomic E-state index is 0.0424. The zero-order chi connectivity index (χ0) is 26.0. The Morgan fingerprint density at radius 2 is 1.92 bits per heavy atom. The first-order chi connectivity index (χ1) is 17.8. The highest BCUT2D eigenvalue weighted by Crippen LogP contribution is 2.32. The number of para-hydroxylation sites is 1. The summed E-state index contributed by atoms with van der Waals surface area (Å²) in [5, 5.41) is 13.1. The average Bonchev–Trinajstić information content (AvgIpc) is 2.99. The van der Waals surface area contributed by atoms with Crippen molar-refractivity contribution >= 4 is 17.5 Å². The molecule has 0 aliphatic carbocycles. The predicted octanol–water partition coefficient (Wildman–Crippen LogP) is 2.06. The lowest BCUT2D eigenvalue weighted by molar-refractivity contribution is -0.120. The summed E-state index contributed by atoms with van der Waals surface area (Å²) in [6.07, 6.45) is 1.47. The summed E-state index contributed by atoms with van der Waals surface area (Å²) in [6.45, 7) is 0.938. The number of aliphatic hydroxyl groups is 1. The minimum atomic E-state index is -1.02. The van der Waals surface area contributed by atoms with Crippen molar-refractivity contribution in [2.75, 3.05) is 38.7 Å². The first kappa shape index (κ1) is 24.3. The molecule has 2 aromatic carbocycles. The summed E-state index contributed by atoms with van der Waals surface area (Å²) in [4.78, 5) is 33.7. The fourth-order valence-corrected chi connectivity index (χ4v) is 4.25. The molecular weight excluding hydrogens is 472 g/mol. The molecule has 1 aromatic heterocycles. The zero-order valence-electron chi connectivity index (χ0n) is 20.5. The van der Waals surface area contributed by atoms with Crippen LogP contribution in [-0.2, 0) is 4.79 Å². The maximum atomic E-state index is 13.2. The number of amides is 2. The van der Waals surface area contributed by atoms with Crippen molar-refractivity contribution in [1.29, 1.82) is 0 Å². The number of β-amino-alcohol motifs (C(OH)–C–C–N with tert-alkyl or cyclic N) is 1. The molecule has 2 N–H and O–H groups in total. The molecule has 0 saturated carbocycles. The van der Waals surface area contributed by atoms with Crippen LogP contribution in [0.1, 0.15) is 16.1 Å². The Bertz CT molecular complexity index is 1390. The van der Waals surface area contributed by atoms with E-state index in [2.05, 4.69) is 22.1 Å². The van der Waals surface area contributed by atoms with E-state index < -0.39 is 17.6 Å². The normalized spacial score (nSPS) is 18.3. The zero-order valence-corrected chi connectivity index (χ0v) is 20.5. The fourth-order valence-electron chi connectivity index (χ4n) is 4.25. The van der Waals surface area contributed by atoms with E-state index in [1.54, 1.807) is 43.4 Å². The van der Waals surface area contributed by atoms with Crippen LogP contribution in [0.15, 0.2) is 66.9 Å². The van der Waals surface area contributed by atoms with Crippen molar-refractivity contribution in [1.82, 2.24) is 15.2 Å². The van der Waals surface area contributed by atoms with Crippen molar-refractivity contribution in [3.05, 3.63) is 78.1 Å². The monoisotopic (exact) mass is 498 g/mol. The van der Waals surface area contributed by atoms with Crippen molar-refractivity contribution < 1.29 is 24.2 Å². The molecule has 1 unspecified atom stereocenters. The summed E-state index contributed by atoms with van der Waals surface area (Å²) in [5.74, 6) is 6.61. The maximum Gasteiger partial charge on any atom is 0.270 e. The van der Waals surface area contributed by atoms with Gasteiger partial charge in [-0.25, -0.2) is 0 Å². The first-order valence-corrected chi connectivity index (χ1v) is 11.8. The van der Waals surface area contributed by atoms with E-state index in [4.69, 9.17) is 9.47 Å². The maximum absolute atomic E-state index is 13.2. The van der Waals surface area contributed by atoms with Gasteiger partial charge in [-0.05, 0) is 43.4 Å². The van der Waals surface area contributed by atoms with Gasteiger partial charge in [0.2, 0.25) is 0 Å². The molecule has 0 radical (unpaired) electrons. The summed E-state index contributed by atoms with van der Waals surface area (Å²) in [7, 11) is 3.53. The van der Waals surface area contributed by atoms with Gasteiger partial charge in [-0.1, -0.05) is 30.0 Å². The number of aromatic nitrogens is 1. The lowest BCUT2D eigenvalue weighted by Crippen LogP contribution is -2.59. The van der Waals surface area contributed by atoms with Gasteiger partial charge in [-0.15, -0.1) is 0 Å². The van der Waals surface area contributed by atoms with Gasteiger partial charge in [0.15, 0.2) is 5.60 Å². The van der Waals surface area contributed by atoms with E-state index in [1.165, 1.54) is 17.2 Å². The summed E-state index contributed by atoms with van der Waals surface area (Å²) >= 11 is 0. The van der Waals surface area contributed by atoms with E-state index in [0.717, 1.165) is 0 Å². The third-order valence-corrected chi connectivity index (χ3v) is 6.11. The number of nitrogens with zero attached hydrogens (tertiary/aromatic N) is 3. The Morgan fingerprint density at radius 1 is 1.14 bits per heavy atom. The van der Waals surface area contributed by atoms with Gasteiger partial charge in [0.25, 0.3) is 11.8 Å². The van der Waals surface area contributed by atoms with Crippen LogP contribution in [0, 0.1) is 11.8 Å². The molecule has 9 heteroatoms. The van der Waals surface area contributed by atoms with E-state index in [-0.39, 0.29) is 18.2 Å². The molecule has 1 atom stereocenters. The standard InChI is InChI=1S/C28H26N4O5/c1-31-17-28(35,18-31)12-10-19-8-9-25-24(14-19)32(2)27(34)23(16-36-25)30-26(33)22-15-21(11-13-29-22)37-20-6-4-3-5-7-20/h3-9,11,13-15,23,35H,16-18H2,1-2H3,(H,30,33). The van der Waals surface area contributed by atoms with Gasteiger partial charge < -0.3 is 24.8 Å². The Labute approximate surface area is 214 Å².